The molecule has 0 bridgehead atoms. The number of nitrogens with one attached hydrogen (secondary N) is 1. The van der Waals surface area contributed by atoms with Crippen molar-refractivity contribution in [2.45, 2.75) is 11.3 Å². The van der Waals surface area contributed by atoms with Gasteiger partial charge < -0.3 is 4.74 Å². The fraction of sp³-hybridized carbons (Fsp3) is 0.200. The maximum absolute atomic E-state index is 13.6. The number of benzene rings is 2. The summed E-state index contributed by atoms with van der Waals surface area (Å²) in [6.07, 6.45) is 0.359. The zero-order valence-corrected chi connectivity index (χ0v) is 14.5. The van der Waals surface area contributed by atoms with Crippen LogP contribution in [0.1, 0.15) is 5.56 Å². The van der Waals surface area contributed by atoms with Crippen LogP contribution in [0.3, 0.4) is 0 Å². The summed E-state index contributed by atoms with van der Waals surface area (Å²) in [6, 6.07) is 8.22. The first-order valence-electron chi connectivity index (χ1n) is 6.61. The number of hydrogen-bond donors (Lipinski definition) is 1. The molecule has 0 fully saturated rings. The van der Waals surface area contributed by atoms with Crippen LogP contribution >= 0.6 is 15.9 Å². The Morgan fingerprint density at radius 3 is 2.39 bits per heavy atom. The molecule has 4 nitrogen and oxygen atoms in total. The molecule has 0 unspecified atom stereocenters. The molecule has 0 atom stereocenters. The molecule has 0 aromatic heterocycles. The third-order valence-corrected chi connectivity index (χ3v) is 5.24. The summed E-state index contributed by atoms with van der Waals surface area (Å²) in [4.78, 5) is -0.962. The van der Waals surface area contributed by atoms with Crippen molar-refractivity contribution in [2.24, 2.45) is 0 Å². The summed E-state index contributed by atoms with van der Waals surface area (Å²) >= 11 is 3.33. The molecule has 0 saturated heterocycles. The van der Waals surface area contributed by atoms with Crippen LogP contribution in [0.5, 0.6) is 5.75 Å². The van der Waals surface area contributed by atoms with Crippen molar-refractivity contribution in [1.82, 2.24) is 4.72 Å². The van der Waals surface area contributed by atoms with E-state index in [1.165, 1.54) is 7.11 Å². The molecule has 23 heavy (non-hydrogen) atoms. The van der Waals surface area contributed by atoms with E-state index < -0.39 is 26.6 Å². The van der Waals surface area contributed by atoms with Gasteiger partial charge in [0.05, 0.1) is 11.6 Å². The molecule has 1 N–H and O–H groups in total. The molecular formula is C15H14BrF2NO3S. The van der Waals surface area contributed by atoms with Gasteiger partial charge in [-0.05, 0) is 52.2 Å². The topological polar surface area (TPSA) is 55.4 Å². The van der Waals surface area contributed by atoms with Crippen molar-refractivity contribution in [2.75, 3.05) is 13.7 Å². The summed E-state index contributed by atoms with van der Waals surface area (Å²) < 4.78 is 59.2. The Labute approximate surface area is 141 Å². The van der Waals surface area contributed by atoms with Gasteiger partial charge in [-0.15, -0.1) is 0 Å². The Morgan fingerprint density at radius 1 is 1.17 bits per heavy atom. The van der Waals surface area contributed by atoms with Crippen molar-refractivity contribution in [3.05, 3.63) is 58.1 Å². The molecule has 0 saturated carbocycles. The van der Waals surface area contributed by atoms with Crippen LogP contribution < -0.4 is 9.46 Å². The van der Waals surface area contributed by atoms with Crippen molar-refractivity contribution in [1.29, 1.82) is 0 Å². The highest BCUT2D eigenvalue weighted by atomic mass is 79.9. The Bertz CT molecular complexity index is 792. The summed E-state index contributed by atoms with van der Waals surface area (Å²) in [5.41, 5.74) is 0.842. The van der Waals surface area contributed by atoms with Gasteiger partial charge in [0.25, 0.3) is 0 Å². The van der Waals surface area contributed by atoms with Gasteiger partial charge in [0.2, 0.25) is 10.0 Å². The van der Waals surface area contributed by atoms with E-state index in [1.807, 2.05) is 0 Å². The molecule has 0 aliphatic rings. The highest BCUT2D eigenvalue weighted by Crippen LogP contribution is 2.25. The highest BCUT2D eigenvalue weighted by Gasteiger charge is 2.23. The van der Waals surface area contributed by atoms with Crippen LogP contribution in [0, 0.1) is 11.6 Å². The molecule has 2 aromatic rings. The van der Waals surface area contributed by atoms with E-state index in [0.29, 0.717) is 12.2 Å². The standard InChI is InChI=1S/C15H14BrF2NO3S/c1-22-14-6-5-10(9-11(14)16)7-8-19-23(20,21)15-12(17)3-2-4-13(15)18/h2-6,9,19H,7-8H2,1H3. The van der Waals surface area contributed by atoms with Crippen LogP contribution in [-0.4, -0.2) is 22.1 Å². The quantitative estimate of drug-likeness (QED) is 0.802. The van der Waals surface area contributed by atoms with Crippen molar-refractivity contribution in [3.63, 3.8) is 0 Å². The molecule has 0 aliphatic heterocycles. The van der Waals surface area contributed by atoms with E-state index >= 15 is 0 Å². The first-order valence-corrected chi connectivity index (χ1v) is 8.89. The second-order valence-electron chi connectivity index (χ2n) is 4.67. The summed E-state index contributed by atoms with van der Waals surface area (Å²) in [6.45, 7) is 0.00881. The lowest BCUT2D eigenvalue weighted by molar-refractivity contribution is 0.412. The minimum Gasteiger partial charge on any atom is -0.496 e. The number of methoxy groups -OCH3 is 1. The maximum Gasteiger partial charge on any atom is 0.246 e. The van der Waals surface area contributed by atoms with E-state index in [-0.39, 0.29) is 6.54 Å². The first-order chi connectivity index (χ1) is 10.8. The predicted molar refractivity (Wildman–Crippen MR) is 85.9 cm³/mol. The largest absolute Gasteiger partial charge is 0.496 e. The van der Waals surface area contributed by atoms with E-state index in [2.05, 4.69) is 20.7 Å². The highest BCUT2D eigenvalue weighted by molar-refractivity contribution is 9.10. The average Bonchev–Trinajstić information content (AvgIpc) is 2.46. The zero-order valence-electron chi connectivity index (χ0n) is 12.1. The fourth-order valence-electron chi connectivity index (χ4n) is 2.01. The molecule has 0 spiro atoms. The lowest BCUT2D eigenvalue weighted by atomic mass is 10.1. The Hall–Kier alpha value is -1.51. The van der Waals surface area contributed by atoms with Gasteiger partial charge in [-0.25, -0.2) is 21.9 Å². The number of ether oxygens (including phenoxy) is 1. The maximum atomic E-state index is 13.6. The second kappa shape index (κ2) is 7.37. The van der Waals surface area contributed by atoms with Gasteiger partial charge in [0.15, 0.2) is 4.90 Å². The Kier molecular flexibility index (Phi) is 5.72. The Morgan fingerprint density at radius 2 is 1.83 bits per heavy atom. The van der Waals surface area contributed by atoms with E-state index in [0.717, 1.165) is 28.2 Å². The fourth-order valence-corrected chi connectivity index (χ4v) is 3.76. The van der Waals surface area contributed by atoms with Gasteiger partial charge in [-0.1, -0.05) is 12.1 Å². The second-order valence-corrected chi connectivity index (χ2v) is 7.23. The van der Waals surface area contributed by atoms with Crippen molar-refractivity contribution < 1.29 is 21.9 Å². The molecule has 2 aromatic carbocycles. The summed E-state index contributed by atoms with van der Waals surface area (Å²) in [5, 5.41) is 0. The molecular weight excluding hydrogens is 392 g/mol. The average molecular weight is 406 g/mol. The van der Waals surface area contributed by atoms with Crippen LogP contribution in [0.2, 0.25) is 0 Å². The lowest BCUT2D eigenvalue weighted by Crippen LogP contribution is -2.27. The molecule has 0 amide bonds. The third-order valence-electron chi connectivity index (χ3n) is 3.11. The SMILES string of the molecule is COc1ccc(CCNS(=O)(=O)c2c(F)cccc2F)cc1Br. The van der Waals surface area contributed by atoms with Gasteiger partial charge in [-0.2, -0.15) is 0 Å². The number of hydrogen-bond acceptors (Lipinski definition) is 3. The van der Waals surface area contributed by atoms with Crippen molar-refractivity contribution in [3.8, 4) is 5.75 Å². The molecule has 124 valence electrons. The minimum atomic E-state index is -4.25. The monoisotopic (exact) mass is 405 g/mol. The van der Waals surface area contributed by atoms with Crippen LogP contribution in [0.4, 0.5) is 8.78 Å². The van der Waals surface area contributed by atoms with Crippen LogP contribution in [0.15, 0.2) is 45.8 Å². The van der Waals surface area contributed by atoms with E-state index in [4.69, 9.17) is 4.74 Å². The van der Waals surface area contributed by atoms with Gasteiger partial charge in [-0.3, -0.25) is 0 Å². The number of rotatable bonds is 6. The van der Waals surface area contributed by atoms with Gasteiger partial charge in [0.1, 0.15) is 17.4 Å². The third kappa shape index (κ3) is 4.27. The molecule has 8 heteroatoms. The number of halogens is 3. The number of sulfonamides is 1. The van der Waals surface area contributed by atoms with Crippen molar-refractivity contribution >= 4 is 26.0 Å². The van der Waals surface area contributed by atoms with E-state index in [9.17, 15) is 17.2 Å². The molecule has 0 radical (unpaired) electrons. The summed E-state index contributed by atoms with van der Waals surface area (Å²) in [5.74, 6) is -1.59. The normalized spacial score (nSPS) is 11.5. The predicted octanol–water partition coefficient (Wildman–Crippen LogP) is 3.26. The van der Waals surface area contributed by atoms with Crippen LogP contribution in [-0.2, 0) is 16.4 Å². The van der Waals surface area contributed by atoms with Gasteiger partial charge >= 0.3 is 0 Å². The van der Waals surface area contributed by atoms with Gasteiger partial charge in [0, 0.05) is 6.54 Å². The minimum absolute atomic E-state index is 0.00881. The Balaban J connectivity index is 2.07. The lowest BCUT2D eigenvalue weighted by Gasteiger charge is -2.09. The van der Waals surface area contributed by atoms with Crippen LogP contribution in [0.25, 0.3) is 0 Å². The smallest absolute Gasteiger partial charge is 0.246 e. The van der Waals surface area contributed by atoms with E-state index in [1.54, 1.807) is 18.2 Å². The molecule has 2 rings (SSSR count). The first kappa shape index (κ1) is 17.8. The zero-order chi connectivity index (χ0) is 17.0. The molecule has 0 aliphatic carbocycles. The summed E-state index contributed by atoms with van der Waals surface area (Å²) in [7, 11) is -2.71. The molecule has 0 heterocycles.